The van der Waals surface area contributed by atoms with Crippen LogP contribution < -0.4 is 10.6 Å². The molecule has 0 aliphatic rings. The van der Waals surface area contributed by atoms with Crippen LogP contribution in [-0.2, 0) is 0 Å². The number of nitrogens with one attached hydrogen (secondary N) is 2. The van der Waals surface area contributed by atoms with Gasteiger partial charge >= 0.3 is 12.0 Å². The lowest BCUT2D eigenvalue weighted by atomic mass is 10.2. The largest absolute Gasteiger partial charge is 0.478 e. The van der Waals surface area contributed by atoms with E-state index in [0.717, 1.165) is 11.5 Å². The van der Waals surface area contributed by atoms with Crippen molar-refractivity contribution in [2.75, 3.05) is 10.6 Å². The van der Waals surface area contributed by atoms with Gasteiger partial charge in [0.05, 0.1) is 17.3 Å². The van der Waals surface area contributed by atoms with E-state index in [1.54, 1.807) is 25.1 Å². The number of anilines is 2. The van der Waals surface area contributed by atoms with Crippen LogP contribution >= 0.6 is 11.5 Å². The molecule has 1 aromatic heterocycles. The van der Waals surface area contributed by atoms with E-state index in [9.17, 15) is 9.59 Å². The zero-order chi connectivity index (χ0) is 15.4. The number of hydrogen-bond acceptors (Lipinski definition) is 5. The van der Waals surface area contributed by atoms with Gasteiger partial charge in [0.1, 0.15) is 10.6 Å². The molecule has 8 heteroatoms. The van der Waals surface area contributed by atoms with Crippen molar-refractivity contribution in [2.24, 2.45) is 0 Å². The summed E-state index contributed by atoms with van der Waals surface area (Å²) in [4.78, 5) is 22.9. The van der Waals surface area contributed by atoms with E-state index < -0.39 is 12.0 Å². The molecule has 0 spiro atoms. The highest BCUT2D eigenvalue weighted by Gasteiger charge is 2.19. The molecule has 3 N–H and O–H groups in total. The van der Waals surface area contributed by atoms with Gasteiger partial charge in [0.15, 0.2) is 0 Å². The van der Waals surface area contributed by atoms with E-state index in [1.807, 2.05) is 6.07 Å². The highest BCUT2D eigenvalue weighted by atomic mass is 32.1. The smallest absolute Gasteiger partial charge is 0.340 e. The highest BCUT2D eigenvalue weighted by Crippen LogP contribution is 2.24. The van der Waals surface area contributed by atoms with Gasteiger partial charge in [0.25, 0.3) is 0 Å². The highest BCUT2D eigenvalue weighted by molar-refractivity contribution is 7.11. The number of nitriles is 1. The lowest BCUT2D eigenvalue weighted by molar-refractivity contribution is 0.0697. The van der Waals surface area contributed by atoms with Crippen LogP contribution in [0.25, 0.3) is 0 Å². The Morgan fingerprint density at radius 1 is 1.38 bits per heavy atom. The number of carboxylic acids is 1. The van der Waals surface area contributed by atoms with Crippen LogP contribution in [0.3, 0.4) is 0 Å². The van der Waals surface area contributed by atoms with Gasteiger partial charge in [0.2, 0.25) is 0 Å². The summed E-state index contributed by atoms with van der Waals surface area (Å²) in [5.41, 5.74) is 1.16. The minimum absolute atomic E-state index is 0.0269. The lowest BCUT2D eigenvalue weighted by Crippen LogP contribution is -2.20. The first-order chi connectivity index (χ1) is 10.0. The first-order valence-corrected chi connectivity index (χ1v) is 6.56. The third kappa shape index (κ3) is 3.34. The first kappa shape index (κ1) is 14.5. The van der Waals surface area contributed by atoms with Crippen LogP contribution in [0, 0.1) is 18.3 Å². The van der Waals surface area contributed by atoms with Crippen molar-refractivity contribution in [3.05, 3.63) is 41.1 Å². The molecule has 21 heavy (non-hydrogen) atoms. The SMILES string of the molecule is Cc1nsc(NC(=O)Nc2cccc(C#N)c2)c1C(=O)O. The van der Waals surface area contributed by atoms with Crippen molar-refractivity contribution >= 4 is 34.2 Å². The van der Waals surface area contributed by atoms with Gasteiger partial charge in [-0.25, -0.2) is 9.59 Å². The van der Waals surface area contributed by atoms with Crippen LogP contribution in [0.5, 0.6) is 0 Å². The quantitative estimate of drug-likeness (QED) is 0.806. The summed E-state index contributed by atoms with van der Waals surface area (Å²) < 4.78 is 3.90. The van der Waals surface area contributed by atoms with Gasteiger partial charge in [0, 0.05) is 5.69 Å². The number of aryl methyl sites for hydroxylation is 1. The average molecular weight is 302 g/mol. The molecule has 0 radical (unpaired) electrons. The third-order valence-corrected chi connectivity index (χ3v) is 3.41. The van der Waals surface area contributed by atoms with E-state index >= 15 is 0 Å². The fourth-order valence-corrected chi connectivity index (χ4v) is 2.42. The summed E-state index contributed by atoms with van der Waals surface area (Å²) in [7, 11) is 0. The average Bonchev–Trinajstić information content (AvgIpc) is 2.79. The zero-order valence-electron chi connectivity index (χ0n) is 10.9. The molecule has 7 nitrogen and oxygen atoms in total. The number of amides is 2. The summed E-state index contributed by atoms with van der Waals surface area (Å²) in [6.07, 6.45) is 0. The van der Waals surface area contributed by atoms with Crippen molar-refractivity contribution < 1.29 is 14.7 Å². The van der Waals surface area contributed by atoms with Crippen LogP contribution in [0.4, 0.5) is 15.5 Å². The Balaban J connectivity index is 2.12. The Kier molecular flexibility index (Phi) is 4.15. The molecule has 0 saturated heterocycles. The van der Waals surface area contributed by atoms with Crippen molar-refractivity contribution in [3.8, 4) is 6.07 Å². The molecule has 2 amide bonds. The Morgan fingerprint density at radius 2 is 2.14 bits per heavy atom. The molecule has 2 aromatic rings. The molecule has 0 unspecified atom stereocenters. The Labute approximate surface area is 124 Å². The third-order valence-electron chi connectivity index (χ3n) is 2.55. The molecule has 0 fully saturated rings. The Hall–Kier alpha value is -2.92. The maximum Gasteiger partial charge on any atom is 0.340 e. The van der Waals surface area contributed by atoms with Gasteiger partial charge in [-0.2, -0.15) is 9.64 Å². The Morgan fingerprint density at radius 3 is 2.81 bits per heavy atom. The van der Waals surface area contributed by atoms with Crippen molar-refractivity contribution in [2.45, 2.75) is 6.92 Å². The molecule has 1 heterocycles. The van der Waals surface area contributed by atoms with E-state index in [0.29, 0.717) is 16.9 Å². The summed E-state index contributed by atoms with van der Waals surface area (Å²) in [6, 6.07) is 7.73. The van der Waals surface area contributed by atoms with Crippen molar-refractivity contribution in [3.63, 3.8) is 0 Å². The number of aromatic nitrogens is 1. The van der Waals surface area contributed by atoms with E-state index in [2.05, 4.69) is 15.0 Å². The predicted octanol–water partition coefficient (Wildman–Crippen LogP) is 2.67. The van der Waals surface area contributed by atoms with Crippen LogP contribution in [0.1, 0.15) is 21.6 Å². The van der Waals surface area contributed by atoms with Crippen LogP contribution in [0.15, 0.2) is 24.3 Å². The molecular weight excluding hydrogens is 292 g/mol. The van der Waals surface area contributed by atoms with Crippen molar-refractivity contribution in [1.82, 2.24) is 4.37 Å². The lowest BCUT2D eigenvalue weighted by Gasteiger charge is -2.06. The number of carbonyl (C=O) groups excluding carboxylic acids is 1. The number of nitrogens with zero attached hydrogens (tertiary/aromatic N) is 2. The monoisotopic (exact) mass is 302 g/mol. The number of hydrogen-bond donors (Lipinski definition) is 3. The summed E-state index contributed by atoms with van der Waals surface area (Å²) in [5, 5.41) is 23.0. The number of aromatic carboxylic acids is 1. The maximum atomic E-state index is 11.8. The predicted molar refractivity (Wildman–Crippen MR) is 77.6 cm³/mol. The van der Waals surface area contributed by atoms with Gasteiger partial charge in [-0.3, -0.25) is 5.32 Å². The van der Waals surface area contributed by atoms with Gasteiger partial charge in [-0.15, -0.1) is 0 Å². The van der Waals surface area contributed by atoms with Crippen LogP contribution in [-0.4, -0.2) is 21.5 Å². The molecule has 2 rings (SSSR count). The standard InChI is InChI=1S/C13H10N4O3S/c1-7-10(12(18)19)11(21-17-7)16-13(20)15-9-4-2-3-8(5-9)6-14/h2-5H,1H3,(H,18,19)(H2,15,16,20). The summed E-state index contributed by atoms with van der Waals surface area (Å²) in [5.74, 6) is -1.15. The number of carboxylic acid groups (broad SMARTS) is 1. The summed E-state index contributed by atoms with van der Waals surface area (Å²) in [6.45, 7) is 1.55. The molecule has 0 atom stereocenters. The normalized spacial score (nSPS) is 9.71. The maximum absolute atomic E-state index is 11.8. The molecule has 0 bridgehead atoms. The van der Waals surface area contributed by atoms with Crippen LogP contribution in [0.2, 0.25) is 0 Å². The number of benzene rings is 1. The van der Waals surface area contributed by atoms with E-state index in [1.165, 1.54) is 6.07 Å². The van der Waals surface area contributed by atoms with Gasteiger partial charge < -0.3 is 10.4 Å². The molecular formula is C13H10N4O3S. The van der Waals surface area contributed by atoms with Gasteiger partial charge in [-0.1, -0.05) is 6.07 Å². The molecule has 0 aliphatic carbocycles. The number of carbonyl (C=O) groups is 2. The Bertz CT molecular complexity index is 748. The number of rotatable bonds is 3. The van der Waals surface area contributed by atoms with E-state index in [4.69, 9.17) is 10.4 Å². The number of urea groups is 1. The molecule has 0 aliphatic heterocycles. The molecule has 0 saturated carbocycles. The second kappa shape index (κ2) is 6.02. The minimum Gasteiger partial charge on any atom is -0.478 e. The summed E-state index contributed by atoms with van der Waals surface area (Å²) >= 11 is 0.896. The fourth-order valence-electron chi connectivity index (χ4n) is 1.64. The topological polar surface area (TPSA) is 115 Å². The fraction of sp³-hybridized carbons (Fsp3) is 0.0769. The molecule has 106 valence electrons. The van der Waals surface area contributed by atoms with Gasteiger partial charge in [-0.05, 0) is 36.7 Å². The zero-order valence-corrected chi connectivity index (χ0v) is 11.7. The van der Waals surface area contributed by atoms with Crippen molar-refractivity contribution in [1.29, 1.82) is 5.26 Å². The minimum atomic E-state index is -1.15. The second-order valence-corrected chi connectivity index (χ2v) is 4.82. The molecule has 1 aromatic carbocycles. The second-order valence-electron chi connectivity index (χ2n) is 4.05. The van der Waals surface area contributed by atoms with E-state index in [-0.39, 0.29) is 10.6 Å². The first-order valence-electron chi connectivity index (χ1n) is 5.79.